The number of imidazole rings is 2. The average molecular weight is 483 g/mol. The van der Waals surface area contributed by atoms with Gasteiger partial charge in [-0.2, -0.15) is 0 Å². The van der Waals surface area contributed by atoms with Crippen molar-refractivity contribution in [1.82, 2.24) is 30.6 Å². The molecule has 5 heterocycles. The van der Waals surface area contributed by atoms with Crippen molar-refractivity contribution in [1.29, 1.82) is 0 Å². The monoisotopic (exact) mass is 482 g/mol. The molecule has 7 rings (SSSR count). The van der Waals surface area contributed by atoms with Gasteiger partial charge in [-0.3, -0.25) is 0 Å². The summed E-state index contributed by atoms with van der Waals surface area (Å²) in [7, 11) is 0. The van der Waals surface area contributed by atoms with Crippen LogP contribution in [0, 0.1) is 5.92 Å². The summed E-state index contributed by atoms with van der Waals surface area (Å²) >= 11 is 1.76. The molecule has 2 aliphatic rings. The third-order valence-electron chi connectivity index (χ3n) is 7.59. The summed E-state index contributed by atoms with van der Waals surface area (Å²) in [4.78, 5) is 19.2. The molecule has 0 unspecified atom stereocenters. The number of fused-ring (bicyclic) bond motifs is 2. The third kappa shape index (κ3) is 3.88. The third-order valence-corrected chi connectivity index (χ3v) is 8.66. The predicted octanol–water partition coefficient (Wildman–Crippen LogP) is 6.32. The van der Waals surface area contributed by atoms with Gasteiger partial charge in [0.1, 0.15) is 16.5 Å². The van der Waals surface area contributed by atoms with Gasteiger partial charge in [0.25, 0.3) is 0 Å². The molecule has 7 heteroatoms. The highest BCUT2D eigenvalue weighted by atomic mass is 32.1. The topological polar surface area (TPSA) is 81.4 Å². The minimum absolute atomic E-state index is 0.334. The molecule has 2 aromatic carbocycles. The molecule has 0 spiro atoms. The van der Waals surface area contributed by atoms with Crippen LogP contribution >= 0.6 is 11.3 Å². The van der Waals surface area contributed by atoms with E-state index in [4.69, 9.17) is 9.97 Å². The molecule has 178 valence electrons. The number of nitrogens with zero attached hydrogens (tertiary/aromatic N) is 2. The molecule has 6 nitrogen and oxygen atoms in total. The van der Waals surface area contributed by atoms with Crippen LogP contribution in [-0.4, -0.2) is 32.5 Å². The predicted molar refractivity (Wildman–Crippen MR) is 144 cm³/mol. The lowest BCUT2D eigenvalue weighted by Gasteiger charge is -2.07. The Labute approximate surface area is 208 Å². The molecule has 0 amide bonds. The van der Waals surface area contributed by atoms with Gasteiger partial charge in [-0.05, 0) is 73.5 Å². The highest BCUT2D eigenvalue weighted by molar-refractivity contribution is 7.21. The van der Waals surface area contributed by atoms with Crippen LogP contribution in [-0.2, 0) is 0 Å². The van der Waals surface area contributed by atoms with Crippen LogP contribution in [0.15, 0.2) is 48.5 Å². The summed E-state index contributed by atoms with van der Waals surface area (Å²) in [5.41, 5.74) is 6.89. The Morgan fingerprint density at radius 1 is 0.800 bits per heavy atom. The number of rotatable bonds is 4. The van der Waals surface area contributed by atoms with E-state index in [0.717, 1.165) is 52.4 Å². The summed E-state index contributed by atoms with van der Waals surface area (Å²) in [5.74, 6) is 2.84. The number of hydrogen-bond donors (Lipinski definition) is 4. The van der Waals surface area contributed by atoms with Gasteiger partial charge in [0.15, 0.2) is 0 Å². The van der Waals surface area contributed by atoms with Gasteiger partial charge < -0.3 is 20.6 Å². The van der Waals surface area contributed by atoms with E-state index in [-0.39, 0.29) is 0 Å². The largest absolute Gasteiger partial charge is 0.341 e. The van der Waals surface area contributed by atoms with E-state index >= 15 is 0 Å². The van der Waals surface area contributed by atoms with E-state index < -0.39 is 0 Å². The van der Waals surface area contributed by atoms with Crippen LogP contribution in [0.3, 0.4) is 0 Å². The molecule has 5 aromatic rings. The average Bonchev–Trinajstić information content (AvgIpc) is 3.66. The van der Waals surface area contributed by atoms with Crippen LogP contribution < -0.4 is 10.6 Å². The highest BCUT2D eigenvalue weighted by Gasteiger charge is 2.26. The first-order valence-corrected chi connectivity index (χ1v) is 13.5. The van der Waals surface area contributed by atoms with Crippen molar-refractivity contribution in [3.63, 3.8) is 0 Å². The normalized spacial score (nSPS) is 24.7. The molecule has 35 heavy (non-hydrogen) atoms. The number of thiophene rings is 1. The zero-order chi connectivity index (χ0) is 23.5. The summed E-state index contributed by atoms with van der Waals surface area (Å²) in [6.45, 7) is 5.60. The molecular formula is C28H30N6S. The van der Waals surface area contributed by atoms with Crippen molar-refractivity contribution in [2.45, 2.75) is 51.2 Å². The lowest BCUT2D eigenvalue weighted by Crippen LogP contribution is -2.21. The SMILES string of the molecule is C[C@@H]1CN[C@H](c2nc3sc(-c4ccc(-c5ccc6[nH]c([C@@H]7CC[C@H](C)N7)nc6c5)cc4)cc3[nH]2)C1. The van der Waals surface area contributed by atoms with Gasteiger partial charge in [0, 0.05) is 10.9 Å². The minimum atomic E-state index is 0.334. The molecule has 2 fully saturated rings. The second-order valence-electron chi connectivity index (χ2n) is 10.4. The van der Waals surface area contributed by atoms with Crippen molar-refractivity contribution in [2.24, 2.45) is 5.92 Å². The zero-order valence-corrected chi connectivity index (χ0v) is 20.9. The number of aromatic nitrogens is 4. The van der Waals surface area contributed by atoms with E-state index in [1.807, 2.05) is 0 Å². The Morgan fingerprint density at radius 3 is 2.31 bits per heavy atom. The van der Waals surface area contributed by atoms with Gasteiger partial charge in [0.05, 0.1) is 28.6 Å². The highest BCUT2D eigenvalue weighted by Crippen LogP contribution is 2.36. The Balaban J connectivity index is 1.12. The molecule has 2 aliphatic heterocycles. The minimum Gasteiger partial charge on any atom is -0.341 e. The van der Waals surface area contributed by atoms with Gasteiger partial charge in [-0.1, -0.05) is 37.3 Å². The second kappa shape index (κ2) is 8.29. The van der Waals surface area contributed by atoms with Crippen molar-refractivity contribution >= 4 is 32.7 Å². The fraction of sp³-hybridized carbons (Fsp3) is 0.357. The molecule has 3 aromatic heterocycles. The van der Waals surface area contributed by atoms with Crippen LogP contribution in [0.25, 0.3) is 42.9 Å². The lowest BCUT2D eigenvalue weighted by atomic mass is 10.0. The van der Waals surface area contributed by atoms with Crippen molar-refractivity contribution in [3.05, 3.63) is 60.2 Å². The standard InChI is InChI=1S/C28H30N6S/c1-15-11-23(29-14-15)27-33-24-13-25(35-28(24)34-27)18-6-4-17(5-7-18)19-8-10-20-22(12-19)32-26(31-20)21-9-3-16(2)30-21/h4-8,10,12-13,15-16,21,23,29-30H,3,9,11,14H2,1-2H3,(H,31,32)(H,33,34)/t15-,16-,21-,23-/m0/s1. The summed E-state index contributed by atoms with van der Waals surface area (Å²) < 4.78 is 0. The van der Waals surface area contributed by atoms with E-state index in [9.17, 15) is 0 Å². The van der Waals surface area contributed by atoms with Gasteiger partial charge in [-0.15, -0.1) is 11.3 Å². The lowest BCUT2D eigenvalue weighted by molar-refractivity contribution is 0.565. The fourth-order valence-electron chi connectivity index (χ4n) is 5.60. The molecule has 4 N–H and O–H groups in total. The molecule has 0 aliphatic carbocycles. The number of hydrogen-bond acceptors (Lipinski definition) is 5. The molecule has 0 radical (unpaired) electrons. The van der Waals surface area contributed by atoms with Crippen LogP contribution in [0.1, 0.15) is 56.8 Å². The van der Waals surface area contributed by atoms with Gasteiger partial charge >= 0.3 is 0 Å². The Hall–Kier alpha value is -3.00. The van der Waals surface area contributed by atoms with Gasteiger partial charge in [0.2, 0.25) is 0 Å². The Kier molecular flexibility index (Phi) is 5.05. The van der Waals surface area contributed by atoms with Crippen LogP contribution in [0.4, 0.5) is 0 Å². The number of H-pyrrole nitrogens is 2. The fourth-order valence-corrected chi connectivity index (χ4v) is 6.60. The Morgan fingerprint density at radius 2 is 1.57 bits per heavy atom. The summed E-state index contributed by atoms with van der Waals surface area (Å²) in [6, 6.07) is 18.9. The van der Waals surface area contributed by atoms with E-state index in [0.29, 0.717) is 24.0 Å². The van der Waals surface area contributed by atoms with E-state index in [2.05, 4.69) is 83.0 Å². The van der Waals surface area contributed by atoms with E-state index in [1.54, 1.807) is 11.3 Å². The first-order valence-electron chi connectivity index (χ1n) is 12.7. The first kappa shape index (κ1) is 21.3. The molecule has 2 saturated heterocycles. The number of nitrogens with one attached hydrogen (secondary N) is 4. The number of aromatic amines is 2. The molecular weight excluding hydrogens is 452 g/mol. The van der Waals surface area contributed by atoms with Gasteiger partial charge in [-0.25, -0.2) is 9.97 Å². The first-order chi connectivity index (χ1) is 17.1. The second-order valence-corrected chi connectivity index (χ2v) is 11.4. The molecule has 0 saturated carbocycles. The molecule has 0 bridgehead atoms. The zero-order valence-electron chi connectivity index (χ0n) is 20.1. The van der Waals surface area contributed by atoms with Crippen molar-refractivity contribution < 1.29 is 0 Å². The van der Waals surface area contributed by atoms with Crippen molar-refractivity contribution in [3.8, 4) is 21.6 Å². The van der Waals surface area contributed by atoms with Crippen LogP contribution in [0.5, 0.6) is 0 Å². The maximum absolute atomic E-state index is 4.91. The number of benzene rings is 2. The quantitative estimate of drug-likeness (QED) is 0.242. The summed E-state index contributed by atoms with van der Waals surface area (Å²) in [5, 5.41) is 7.19. The summed E-state index contributed by atoms with van der Waals surface area (Å²) in [6.07, 6.45) is 3.49. The maximum atomic E-state index is 4.91. The Bertz CT molecular complexity index is 1480. The molecule has 4 atom stereocenters. The van der Waals surface area contributed by atoms with Crippen molar-refractivity contribution in [2.75, 3.05) is 6.54 Å². The maximum Gasteiger partial charge on any atom is 0.142 e. The van der Waals surface area contributed by atoms with Crippen LogP contribution in [0.2, 0.25) is 0 Å². The smallest absolute Gasteiger partial charge is 0.142 e. The van der Waals surface area contributed by atoms with E-state index in [1.165, 1.54) is 28.0 Å².